The minimum absolute atomic E-state index is 0.172. The van der Waals surface area contributed by atoms with Crippen molar-refractivity contribution in [1.82, 2.24) is 10.2 Å². The van der Waals surface area contributed by atoms with Crippen molar-refractivity contribution in [2.45, 2.75) is 59.2 Å². The minimum Gasteiger partial charge on any atom is -0.493 e. The van der Waals surface area contributed by atoms with Crippen molar-refractivity contribution in [3.05, 3.63) is 59.7 Å². The second kappa shape index (κ2) is 10.8. The predicted octanol–water partition coefficient (Wildman–Crippen LogP) is 4.10. The first-order chi connectivity index (χ1) is 14.7. The van der Waals surface area contributed by atoms with Gasteiger partial charge in [0.05, 0.1) is 7.11 Å². The first kappa shape index (κ1) is 24.3. The number of hydrogen-bond acceptors (Lipinski definition) is 4. The van der Waals surface area contributed by atoms with E-state index in [9.17, 15) is 9.59 Å². The molecular weight excluding hydrogens is 392 g/mol. The molecule has 6 heteroatoms. The van der Waals surface area contributed by atoms with Gasteiger partial charge in [-0.25, -0.2) is 0 Å². The first-order valence-corrected chi connectivity index (χ1v) is 10.6. The molecule has 0 saturated carbocycles. The lowest BCUT2D eigenvalue weighted by molar-refractivity contribution is -0.143. The van der Waals surface area contributed by atoms with E-state index in [4.69, 9.17) is 9.47 Å². The summed E-state index contributed by atoms with van der Waals surface area (Å²) >= 11 is 0. The molecule has 0 unspecified atom stereocenters. The molecular formula is C25H34N2O4. The summed E-state index contributed by atoms with van der Waals surface area (Å²) in [6, 6.07) is 14.4. The van der Waals surface area contributed by atoms with Crippen molar-refractivity contribution in [3.63, 3.8) is 0 Å². The third-order valence-corrected chi connectivity index (χ3v) is 4.91. The minimum atomic E-state index is -0.604. The maximum absolute atomic E-state index is 13.3. The smallest absolute Gasteiger partial charge is 0.261 e. The fraction of sp³-hybridized carbons (Fsp3) is 0.440. The van der Waals surface area contributed by atoms with Crippen LogP contribution in [-0.4, -0.2) is 42.0 Å². The number of carbonyl (C=O) groups excluding carboxylic acids is 2. The number of aryl methyl sites for hydroxylation is 1. The van der Waals surface area contributed by atoms with Gasteiger partial charge in [0.2, 0.25) is 5.91 Å². The maximum Gasteiger partial charge on any atom is 0.261 e. The summed E-state index contributed by atoms with van der Waals surface area (Å²) in [6.07, 6.45) is 0.494. The van der Waals surface area contributed by atoms with Gasteiger partial charge in [0.1, 0.15) is 6.04 Å². The average molecular weight is 427 g/mol. The van der Waals surface area contributed by atoms with Crippen LogP contribution in [0.2, 0.25) is 0 Å². The number of ether oxygens (including phenoxy) is 2. The number of rotatable bonds is 9. The Labute approximate surface area is 185 Å². The van der Waals surface area contributed by atoms with Crippen LogP contribution in [0.4, 0.5) is 0 Å². The Hall–Kier alpha value is -3.02. The second-order valence-electron chi connectivity index (χ2n) is 8.55. The summed E-state index contributed by atoms with van der Waals surface area (Å²) in [7, 11) is 1.55. The van der Waals surface area contributed by atoms with Crippen LogP contribution < -0.4 is 14.8 Å². The molecule has 0 fully saturated rings. The third kappa shape index (κ3) is 7.02. The molecule has 2 amide bonds. The van der Waals surface area contributed by atoms with Crippen LogP contribution in [0, 0.1) is 6.92 Å². The molecule has 0 radical (unpaired) electrons. The third-order valence-electron chi connectivity index (χ3n) is 4.91. The molecule has 2 aromatic rings. The van der Waals surface area contributed by atoms with Crippen molar-refractivity contribution in [3.8, 4) is 11.5 Å². The van der Waals surface area contributed by atoms with Gasteiger partial charge in [0.25, 0.3) is 5.91 Å². The van der Waals surface area contributed by atoms with Gasteiger partial charge >= 0.3 is 0 Å². The molecule has 0 aromatic heterocycles. The quantitative estimate of drug-likeness (QED) is 0.655. The van der Waals surface area contributed by atoms with Crippen molar-refractivity contribution >= 4 is 11.8 Å². The highest BCUT2D eigenvalue weighted by Gasteiger charge is 2.31. The number of nitrogens with zero attached hydrogens (tertiary/aromatic N) is 1. The summed E-state index contributed by atoms with van der Waals surface area (Å²) in [5.74, 6) is 0.610. The Bertz CT molecular complexity index is 889. The lowest BCUT2D eigenvalue weighted by Gasteiger charge is -2.33. The number of nitrogens with one attached hydrogen (secondary N) is 1. The summed E-state index contributed by atoms with van der Waals surface area (Å²) in [6.45, 7) is 9.83. The Morgan fingerprint density at radius 1 is 1.03 bits per heavy atom. The van der Waals surface area contributed by atoms with Crippen LogP contribution in [-0.2, 0) is 16.1 Å². The topological polar surface area (TPSA) is 67.9 Å². The summed E-state index contributed by atoms with van der Waals surface area (Å²) in [5.41, 5.74) is 1.67. The second-order valence-corrected chi connectivity index (χ2v) is 8.55. The van der Waals surface area contributed by atoms with Crippen LogP contribution in [0.3, 0.4) is 0 Å². The molecule has 2 aromatic carbocycles. The normalized spacial score (nSPS) is 12.1. The first-order valence-electron chi connectivity index (χ1n) is 10.6. The molecule has 0 saturated heterocycles. The predicted molar refractivity (Wildman–Crippen MR) is 122 cm³/mol. The summed E-state index contributed by atoms with van der Waals surface area (Å²) < 4.78 is 11.1. The van der Waals surface area contributed by atoms with Gasteiger partial charge in [-0.3, -0.25) is 9.59 Å². The van der Waals surface area contributed by atoms with Crippen molar-refractivity contribution in [1.29, 1.82) is 0 Å². The summed E-state index contributed by atoms with van der Waals surface area (Å²) in [5, 5.41) is 3.00. The van der Waals surface area contributed by atoms with E-state index >= 15 is 0 Å². The van der Waals surface area contributed by atoms with Crippen molar-refractivity contribution in [2.24, 2.45) is 0 Å². The van der Waals surface area contributed by atoms with E-state index in [0.717, 1.165) is 11.1 Å². The van der Waals surface area contributed by atoms with E-state index in [0.29, 0.717) is 24.5 Å². The highest BCUT2D eigenvalue weighted by atomic mass is 16.5. The van der Waals surface area contributed by atoms with Crippen LogP contribution >= 0.6 is 0 Å². The molecule has 6 nitrogen and oxygen atoms in total. The van der Waals surface area contributed by atoms with Gasteiger partial charge < -0.3 is 19.7 Å². The van der Waals surface area contributed by atoms with Gasteiger partial charge in [0.15, 0.2) is 18.1 Å². The molecule has 2 rings (SSSR count). The molecule has 0 spiro atoms. The van der Waals surface area contributed by atoms with E-state index in [1.807, 2.05) is 71.0 Å². The van der Waals surface area contributed by atoms with Crippen LogP contribution in [0.5, 0.6) is 11.5 Å². The van der Waals surface area contributed by atoms with Crippen molar-refractivity contribution in [2.75, 3.05) is 13.7 Å². The van der Waals surface area contributed by atoms with Gasteiger partial charge in [-0.2, -0.15) is 0 Å². The zero-order chi connectivity index (χ0) is 23.0. The van der Waals surface area contributed by atoms with E-state index in [2.05, 4.69) is 5.32 Å². The van der Waals surface area contributed by atoms with E-state index in [-0.39, 0.29) is 18.4 Å². The highest BCUT2D eigenvalue weighted by Crippen LogP contribution is 2.26. The largest absolute Gasteiger partial charge is 0.493 e. The zero-order valence-corrected chi connectivity index (χ0v) is 19.4. The molecule has 1 N–H and O–H groups in total. The van der Waals surface area contributed by atoms with Crippen molar-refractivity contribution < 1.29 is 19.1 Å². The molecule has 168 valence electrons. The summed E-state index contributed by atoms with van der Waals surface area (Å²) in [4.78, 5) is 27.9. The number of carbonyl (C=O) groups is 2. The fourth-order valence-corrected chi connectivity index (χ4v) is 3.30. The average Bonchev–Trinajstić information content (AvgIpc) is 2.72. The molecule has 0 aliphatic carbocycles. The van der Waals surface area contributed by atoms with Gasteiger partial charge in [-0.1, -0.05) is 43.3 Å². The standard InChI is InChI=1S/C25H34N2O4/c1-7-20(24(29)26-25(3,4)5)27(16-19-13-9-8-12-18(19)2)23(28)17-31-22-15-11-10-14-21(22)30-6/h8-15,20H,7,16-17H2,1-6H3,(H,26,29)/t20-/m0/s1. The Balaban J connectivity index is 2.27. The monoisotopic (exact) mass is 426 g/mol. The number of para-hydroxylation sites is 2. The molecule has 0 aliphatic heterocycles. The lowest BCUT2D eigenvalue weighted by Crippen LogP contribution is -2.54. The molecule has 0 aliphatic rings. The molecule has 1 atom stereocenters. The number of hydrogen-bond donors (Lipinski definition) is 1. The number of benzene rings is 2. The van der Waals surface area contributed by atoms with Gasteiger partial charge in [-0.15, -0.1) is 0 Å². The Morgan fingerprint density at radius 2 is 1.65 bits per heavy atom. The Morgan fingerprint density at radius 3 is 2.23 bits per heavy atom. The van der Waals surface area contributed by atoms with Crippen LogP contribution in [0.25, 0.3) is 0 Å². The fourth-order valence-electron chi connectivity index (χ4n) is 3.30. The van der Waals surface area contributed by atoms with Gasteiger partial charge in [0, 0.05) is 12.1 Å². The van der Waals surface area contributed by atoms with E-state index < -0.39 is 11.6 Å². The van der Waals surface area contributed by atoms with Crippen LogP contribution in [0.15, 0.2) is 48.5 Å². The SMILES string of the molecule is CC[C@@H](C(=O)NC(C)(C)C)N(Cc1ccccc1C)C(=O)COc1ccccc1OC. The molecule has 31 heavy (non-hydrogen) atoms. The Kier molecular flexibility index (Phi) is 8.48. The number of methoxy groups -OCH3 is 1. The van der Waals surface area contributed by atoms with Crippen LogP contribution in [0.1, 0.15) is 45.2 Å². The molecule has 0 heterocycles. The maximum atomic E-state index is 13.3. The molecule has 0 bridgehead atoms. The highest BCUT2D eigenvalue weighted by molar-refractivity contribution is 5.88. The zero-order valence-electron chi connectivity index (χ0n) is 19.4. The lowest BCUT2D eigenvalue weighted by atomic mass is 10.0. The van der Waals surface area contributed by atoms with E-state index in [1.54, 1.807) is 24.1 Å². The van der Waals surface area contributed by atoms with Gasteiger partial charge in [-0.05, 0) is 57.4 Å². The number of amides is 2. The van der Waals surface area contributed by atoms with E-state index in [1.165, 1.54) is 0 Å².